The summed E-state index contributed by atoms with van der Waals surface area (Å²) in [5.41, 5.74) is 3.28. The average Bonchev–Trinajstić information content (AvgIpc) is 2.83. The van der Waals surface area contributed by atoms with Crippen LogP contribution < -0.4 is 5.32 Å². The summed E-state index contributed by atoms with van der Waals surface area (Å²) >= 11 is 0. The molecule has 0 fully saturated rings. The molecule has 3 aromatic carbocycles. The van der Waals surface area contributed by atoms with E-state index in [1.807, 2.05) is 24.3 Å². The van der Waals surface area contributed by atoms with Gasteiger partial charge >= 0.3 is 5.97 Å². The Kier molecular flexibility index (Phi) is 6.22. The molecule has 0 aromatic heterocycles. The first-order valence-electron chi connectivity index (χ1n) is 10.5. The molecule has 3 aromatic rings. The molecular formula is C26H23FN2O4. The smallest absolute Gasteiger partial charge is 0.328 e. The maximum Gasteiger partial charge on any atom is 0.328 e. The van der Waals surface area contributed by atoms with E-state index in [1.165, 1.54) is 30.2 Å². The lowest BCUT2D eigenvalue weighted by atomic mass is 9.93. The number of carbonyl (C=O) groups excluding carboxylic acids is 3. The summed E-state index contributed by atoms with van der Waals surface area (Å²) < 4.78 is 19.0. The monoisotopic (exact) mass is 446 g/mol. The van der Waals surface area contributed by atoms with Crippen molar-refractivity contribution in [3.8, 4) is 0 Å². The number of aryl methyl sites for hydroxylation is 1. The number of carbonyl (C=O) groups is 3. The van der Waals surface area contributed by atoms with Gasteiger partial charge in [-0.1, -0.05) is 42.5 Å². The van der Waals surface area contributed by atoms with Crippen LogP contribution in [-0.2, 0) is 22.5 Å². The van der Waals surface area contributed by atoms with E-state index >= 15 is 0 Å². The van der Waals surface area contributed by atoms with E-state index in [9.17, 15) is 18.8 Å². The zero-order chi connectivity index (χ0) is 23.5. The highest BCUT2D eigenvalue weighted by Gasteiger charge is 2.35. The molecule has 0 radical (unpaired) electrons. The summed E-state index contributed by atoms with van der Waals surface area (Å²) in [4.78, 5) is 40.0. The number of rotatable bonds is 4. The van der Waals surface area contributed by atoms with Gasteiger partial charge in [-0.25, -0.2) is 9.18 Å². The number of benzene rings is 3. The van der Waals surface area contributed by atoms with E-state index in [4.69, 9.17) is 4.74 Å². The molecule has 4 rings (SSSR count). The van der Waals surface area contributed by atoms with Gasteiger partial charge in [-0.2, -0.15) is 0 Å². The summed E-state index contributed by atoms with van der Waals surface area (Å²) in [7, 11) is 1.30. The number of methoxy groups -OCH3 is 1. The predicted molar refractivity (Wildman–Crippen MR) is 121 cm³/mol. The van der Waals surface area contributed by atoms with Crippen LogP contribution in [0.15, 0.2) is 66.7 Å². The molecule has 1 unspecified atom stereocenters. The van der Waals surface area contributed by atoms with E-state index in [2.05, 4.69) is 5.32 Å². The topological polar surface area (TPSA) is 75.7 Å². The standard InChI is InChI=1S/C26H23FN2O4/c1-16-11-12-18(13-22(16)28-24(30)20-9-5-6-10-21(20)27)25(31)29-15-19-8-4-3-7-17(19)14-23(29)26(32)33-2/h3-13,23H,14-15H2,1-2H3,(H,28,30). The minimum absolute atomic E-state index is 0.0907. The van der Waals surface area contributed by atoms with Crippen LogP contribution in [0.4, 0.5) is 10.1 Å². The molecule has 6 nitrogen and oxygen atoms in total. The lowest BCUT2D eigenvalue weighted by molar-refractivity contribution is -0.146. The van der Waals surface area contributed by atoms with Gasteiger partial charge in [0.15, 0.2) is 0 Å². The molecule has 1 heterocycles. The van der Waals surface area contributed by atoms with Gasteiger partial charge < -0.3 is 15.0 Å². The third-order valence-electron chi connectivity index (χ3n) is 5.83. The lowest BCUT2D eigenvalue weighted by Gasteiger charge is -2.35. The third-order valence-corrected chi connectivity index (χ3v) is 5.83. The first-order chi connectivity index (χ1) is 15.9. The molecule has 0 bridgehead atoms. The summed E-state index contributed by atoms with van der Waals surface area (Å²) in [6.07, 6.45) is 0.358. The Morgan fingerprint density at radius 3 is 2.42 bits per heavy atom. The number of amides is 2. The van der Waals surface area contributed by atoms with Crippen molar-refractivity contribution in [2.45, 2.75) is 25.9 Å². The van der Waals surface area contributed by atoms with Gasteiger partial charge in [0.05, 0.1) is 12.7 Å². The van der Waals surface area contributed by atoms with Crippen LogP contribution in [0.25, 0.3) is 0 Å². The number of nitrogens with one attached hydrogen (secondary N) is 1. The quantitative estimate of drug-likeness (QED) is 0.612. The van der Waals surface area contributed by atoms with Crippen molar-refractivity contribution in [2.24, 2.45) is 0 Å². The molecule has 1 N–H and O–H groups in total. The van der Waals surface area contributed by atoms with Crippen molar-refractivity contribution >= 4 is 23.5 Å². The van der Waals surface area contributed by atoms with Crippen LogP contribution in [0.1, 0.15) is 37.4 Å². The lowest BCUT2D eigenvalue weighted by Crippen LogP contribution is -2.49. The molecule has 0 aliphatic carbocycles. The normalized spacial score (nSPS) is 14.9. The van der Waals surface area contributed by atoms with Gasteiger partial charge in [-0.05, 0) is 47.9 Å². The third kappa shape index (κ3) is 4.48. The Morgan fingerprint density at radius 2 is 1.70 bits per heavy atom. The molecule has 168 valence electrons. The Morgan fingerprint density at radius 1 is 1.00 bits per heavy atom. The van der Waals surface area contributed by atoms with Crippen molar-refractivity contribution in [2.75, 3.05) is 12.4 Å². The zero-order valence-electron chi connectivity index (χ0n) is 18.3. The van der Waals surface area contributed by atoms with Gasteiger partial charge in [-0.15, -0.1) is 0 Å². The zero-order valence-corrected chi connectivity index (χ0v) is 18.3. The molecule has 1 aliphatic heterocycles. The summed E-state index contributed by atoms with van der Waals surface area (Å²) in [6, 6.07) is 17.5. The number of esters is 1. The first kappa shape index (κ1) is 22.2. The van der Waals surface area contributed by atoms with Crippen LogP contribution in [0.3, 0.4) is 0 Å². The highest BCUT2D eigenvalue weighted by molar-refractivity contribution is 6.06. The molecule has 1 aliphatic rings. The van der Waals surface area contributed by atoms with Crippen LogP contribution in [0.2, 0.25) is 0 Å². The highest BCUT2D eigenvalue weighted by atomic mass is 19.1. The Hall–Kier alpha value is -4.00. The second-order valence-corrected chi connectivity index (χ2v) is 7.91. The second kappa shape index (κ2) is 9.24. The number of anilines is 1. The number of ether oxygens (including phenoxy) is 1. The van der Waals surface area contributed by atoms with Crippen molar-refractivity contribution < 1.29 is 23.5 Å². The number of nitrogens with zero attached hydrogens (tertiary/aromatic N) is 1. The SMILES string of the molecule is COC(=O)C1Cc2ccccc2CN1C(=O)c1ccc(C)c(NC(=O)c2ccccc2F)c1. The van der Waals surface area contributed by atoms with Crippen molar-refractivity contribution in [3.63, 3.8) is 0 Å². The number of hydrogen-bond acceptors (Lipinski definition) is 4. The summed E-state index contributed by atoms with van der Waals surface area (Å²) in [5.74, 6) is -2.09. The van der Waals surface area contributed by atoms with Crippen LogP contribution >= 0.6 is 0 Å². The molecule has 0 saturated carbocycles. The predicted octanol–water partition coefficient (Wildman–Crippen LogP) is 4.13. The maximum absolute atomic E-state index is 14.0. The van der Waals surface area contributed by atoms with Crippen LogP contribution in [0.5, 0.6) is 0 Å². The fourth-order valence-corrected chi connectivity index (χ4v) is 3.97. The minimum Gasteiger partial charge on any atom is -0.467 e. The van der Waals surface area contributed by atoms with E-state index in [0.29, 0.717) is 23.2 Å². The van der Waals surface area contributed by atoms with E-state index < -0.39 is 23.7 Å². The minimum atomic E-state index is -0.754. The highest BCUT2D eigenvalue weighted by Crippen LogP contribution is 2.27. The molecule has 0 spiro atoms. The summed E-state index contributed by atoms with van der Waals surface area (Å²) in [6.45, 7) is 2.04. The Labute approximate surface area is 191 Å². The molecule has 1 atom stereocenters. The van der Waals surface area contributed by atoms with Crippen molar-refractivity contribution in [1.82, 2.24) is 4.90 Å². The number of halogens is 1. The molecule has 7 heteroatoms. The first-order valence-corrected chi connectivity index (χ1v) is 10.5. The number of hydrogen-bond donors (Lipinski definition) is 1. The van der Waals surface area contributed by atoms with Crippen LogP contribution in [0, 0.1) is 12.7 Å². The fraction of sp³-hybridized carbons (Fsp3) is 0.192. The fourth-order valence-electron chi connectivity index (χ4n) is 3.97. The van der Waals surface area contributed by atoms with Crippen molar-refractivity contribution in [3.05, 3.63) is 100 Å². The van der Waals surface area contributed by atoms with E-state index in [-0.39, 0.29) is 18.0 Å². The van der Waals surface area contributed by atoms with Gasteiger partial charge in [0.25, 0.3) is 11.8 Å². The molecule has 2 amide bonds. The Balaban J connectivity index is 1.63. The van der Waals surface area contributed by atoms with Crippen molar-refractivity contribution in [1.29, 1.82) is 0 Å². The van der Waals surface area contributed by atoms with Crippen LogP contribution in [-0.4, -0.2) is 35.8 Å². The molecule has 0 saturated heterocycles. The van der Waals surface area contributed by atoms with E-state index in [1.54, 1.807) is 31.2 Å². The van der Waals surface area contributed by atoms with E-state index in [0.717, 1.165) is 11.1 Å². The Bertz CT molecular complexity index is 1240. The largest absolute Gasteiger partial charge is 0.467 e. The van der Waals surface area contributed by atoms with Gasteiger partial charge in [-0.3, -0.25) is 9.59 Å². The molecule has 33 heavy (non-hydrogen) atoms. The van der Waals surface area contributed by atoms with Gasteiger partial charge in [0.2, 0.25) is 0 Å². The van der Waals surface area contributed by atoms with Gasteiger partial charge in [0, 0.05) is 24.2 Å². The second-order valence-electron chi connectivity index (χ2n) is 7.91. The number of fused-ring (bicyclic) bond motifs is 1. The molecular weight excluding hydrogens is 423 g/mol. The van der Waals surface area contributed by atoms with Gasteiger partial charge in [0.1, 0.15) is 11.9 Å². The average molecular weight is 446 g/mol. The summed E-state index contributed by atoms with van der Waals surface area (Å²) in [5, 5.41) is 2.69. The maximum atomic E-state index is 14.0.